The SMILES string of the molecule is O=C(O)/C=C/c1c(Cl)cccc1Oc1cc(F)ccc1Br. The molecule has 2 aromatic rings. The molecule has 1 N–H and O–H groups in total. The molecule has 0 radical (unpaired) electrons. The first-order valence-corrected chi connectivity index (χ1v) is 6.97. The van der Waals surface area contributed by atoms with Crippen molar-refractivity contribution < 1.29 is 19.0 Å². The predicted octanol–water partition coefficient (Wildman–Crippen LogP) is 5.13. The van der Waals surface area contributed by atoms with Gasteiger partial charge >= 0.3 is 5.97 Å². The molecule has 21 heavy (non-hydrogen) atoms. The van der Waals surface area contributed by atoms with Crippen molar-refractivity contribution in [1.29, 1.82) is 0 Å². The van der Waals surface area contributed by atoms with Crippen LogP contribution in [0.4, 0.5) is 4.39 Å². The van der Waals surface area contributed by atoms with Gasteiger partial charge in [0.2, 0.25) is 0 Å². The normalized spacial score (nSPS) is 10.8. The molecule has 0 aliphatic carbocycles. The zero-order valence-corrected chi connectivity index (χ0v) is 12.9. The van der Waals surface area contributed by atoms with Crippen LogP contribution in [0.25, 0.3) is 6.08 Å². The van der Waals surface area contributed by atoms with E-state index >= 15 is 0 Å². The van der Waals surface area contributed by atoms with Crippen molar-refractivity contribution in [2.45, 2.75) is 0 Å². The highest BCUT2D eigenvalue weighted by Crippen LogP contribution is 2.35. The Labute approximate surface area is 133 Å². The third kappa shape index (κ3) is 4.06. The lowest BCUT2D eigenvalue weighted by molar-refractivity contribution is -0.131. The highest BCUT2D eigenvalue weighted by molar-refractivity contribution is 9.10. The molecule has 0 atom stereocenters. The minimum absolute atomic E-state index is 0.266. The quantitative estimate of drug-likeness (QED) is 0.758. The number of carbonyl (C=O) groups is 1. The number of aliphatic carboxylic acids is 1. The summed E-state index contributed by atoms with van der Waals surface area (Å²) in [5.41, 5.74) is 0.401. The lowest BCUT2D eigenvalue weighted by Gasteiger charge is -2.11. The van der Waals surface area contributed by atoms with Gasteiger partial charge in [0.05, 0.1) is 9.50 Å². The van der Waals surface area contributed by atoms with Crippen LogP contribution in [0.3, 0.4) is 0 Å². The summed E-state index contributed by atoms with van der Waals surface area (Å²) in [4.78, 5) is 10.6. The maximum absolute atomic E-state index is 13.3. The Bertz CT molecular complexity index is 716. The predicted molar refractivity (Wildman–Crippen MR) is 82.3 cm³/mol. The second kappa shape index (κ2) is 6.74. The standard InChI is InChI=1S/C15H9BrClFO3/c16-11-6-4-9(18)8-14(11)21-13-3-1-2-12(17)10(13)5-7-15(19)20/h1-8H,(H,19,20)/b7-5+. The van der Waals surface area contributed by atoms with Gasteiger partial charge in [-0.15, -0.1) is 0 Å². The fourth-order valence-electron chi connectivity index (χ4n) is 1.60. The highest BCUT2D eigenvalue weighted by atomic mass is 79.9. The average Bonchev–Trinajstić information content (AvgIpc) is 2.42. The molecule has 2 rings (SSSR count). The van der Waals surface area contributed by atoms with Crippen LogP contribution in [0, 0.1) is 5.82 Å². The van der Waals surface area contributed by atoms with Gasteiger partial charge in [0.15, 0.2) is 0 Å². The molecule has 6 heteroatoms. The first-order valence-electron chi connectivity index (χ1n) is 5.80. The topological polar surface area (TPSA) is 46.5 Å². The van der Waals surface area contributed by atoms with Gasteiger partial charge in [-0.3, -0.25) is 0 Å². The van der Waals surface area contributed by atoms with E-state index in [1.54, 1.807) is 18.2 Å². The lowest BCUT2D eigenvalue weighted by atomic mass is 10.2. The fraction of sp³-hybridized carbons (Fsp3) is 0. The molecule has 0 heterocycles. The summed E-state index contributed by atoms with van der Waals surface area (Å²) in [6, 6.07) is 8.90. The molecule has 0 fully saturated rings. The third-order valence-corrected chi connectivity index (χ3v) is 3.50. The smallest absolute Gasteiger partial charge is 0.328 e. The number of carboxylic acids is 1. The molecule has 3 nitrogen and oxygen atoms in total. The number of ether oxygens (including phenoxy) is 1. The molecular formula is C15H9BrClFO3. The summed E-state index contributed by atoms with van der Waals surface area (Å²) in [6.07, 6.45) is 2.28. The summed E-state index contributed by atoms with van der Waals surface area (Å²) in [5, 5.41) is 9.03. The summed E-state index contributed by atoms with van der Waals surface area (Å²) in [7, 11) is 0. The Morgan fingerprint density at radius 1 is 1.29 bits per heavy atom. The molecule has 0 saturated carbocycles. The third-order valence-electron chi connectivity index (χ3n) is 2.52. The molecular weight excluding hydrogens is 363 g/mol. The summed E-state index contributed by atoms with van der Waals surface area (Å²) < 4.78 is 19.5. The van der Waals surface area contributed by atoms with E-state index in [2.05, 4.69) is 15.9 Å². The van der Waals surface area contributed by atoms with Crippen molar-refractivity contribution in [3.63, 3.8) is 0 Å². The summed E-state index contributed by atoms with van der Waals surface area (Å²) in [5.74, 6) is -0.959. The van der Waals surface area contributed by atoms with Crippen molar-refractivity contribution in [3.05, 3.63) is 63.4 Å². The van der Waals surface area contributed by atoms with Crippen molar-refractivity contribution >= 4 is 39.6 Å². The zero-order chi connectivity index (χ0) is 15.4. The van der Waals surface area contributed by atoms with Gasteiger partial charge in [-0.2, -0.15) is 0 Å². The van der Waals surface area contributed by atoms with E-state index in [0.717, 1.165) is 6.08 Å². The van der Waals surface area contributed by atoms with E-state index in [9.17, 15) is 9.18 Å². The van der Waals surface area contributed by atoms with Gasteiger partial charge in [0, 0.05) is 17.7 Å². The van der Waals surface area contributed by atoms with Crippen LogP contribution in [0.5, 0.6) is 11.5 Å². The molecule has 0 aliphatic rings. The lowest BCUT2D eigenvalue weighted by Crippen LogP contribution is -1.92. The molecule has 0 unspecified atom stereocenters. The van der Waals surface area contributed by atoms with Crippen LogP contribution in [-0.2, 0) is 4.79 Å². The van der Waals surface area contributed by atoms with Gasteiger partial charge in [0.25, 0.3) is 0 Å². The Kier molecular flexibility index (Phi) is 4.98. The number of carboxylic acid groups (broad SMARTS) is 1. The number of hydrogen-bond donors (Lipinski definition) is 1. The van der Waals surface area contributed by atoms with Gasteiger partial charge in [-0.25, -0.2) is 9.18 Å². The molecule has 0 aliphatic heterocycles. The minimum Gasteiger partial charge on any atom is -0.478 e. The van der Waals surface area contributed by atoms with Crippen molar-refractivity contribution in [1.82, 2.24) is 0 Å². The van der Waals surface area contributed by atoms with Crippen LogP contribution >= 0.6 is 27.5 Å². The van der Waals surface area contributed by atoms with Gasteiger partial charge in [0.1, 0.15) is 17.3 Å². The van der Waals surface area contributed by atoms with Crippen LogP contribution in [0.2, 0.25) is 5.02 Å². The monoisotopic (exact) mass is 370 g/mol. The molecule has 0 spiro atoms. The summed E-state index contributed by atoms with van der Waals surface area (Å²) in [6.45, 7) is 0. The van der Waals surface area contributed by atoms with Crippen LogP contribution in [0.15, 0.2) is 46.9 Å². The van der Waals surface area contributed by atoms with Gasteiger partial charge in [-0.05, 0) is 46.3 Å². The van der Waals surface area contributed by atoms with Gasteiger partial charge in [-0.1, -0.05) is 17.7 Å². The average molecular weight is 372 g/mol. The molecule has 108 valence electrons. The Morgan fingerprint density at radius 3 is 2.76 bits per heavy atom. The zero-order valence-electron chi connectivity index (χ0n) is 10.5. The molecule has 0 saturated heterocycles. The highest BCUT2D eigenvalue weighted by Gasteiger charge is 2.10. The van der Waals surface area contributed by atoms with E-state index in [1.807, 2.05) is 0 Å². The molecule has 0 aromatic heterocycles. The number of hydrogen-bond acceptors (Lipinski definition) is 2. The minimum atomic E-state index is -1.10. The van der Waals surface area contributed by atoms with Crippen LogP contribution in [-0.4, -0.2) is 11.1 Å². The van der Waals surface area contributed by atoms with Crippen molar-refractivity contribution in [2.75, 3.05) is 0 Å². The van der Waals surface area contributed by atoms with Crippen molar-refractivity contribution in [3.8, 4) is 11.5 Å². The number of benzene rings is 2. The van der Waals surface area contributed by atoms with E-state index in [-0.39, 0.29) is 5.75 Å². The molecule has 2 aromatic carbocycles. The second-order valence-corrected chi connectivity index (χ2v) is 5.26. The largest absolute Gasteiger partial charge is 0.478 e. The Balaban J connectivity index is 2.42. The van der Waals surface area contributed by atoms with Crippen LogP contribution in [0.1, 0.15) is 5.56 Å². The van der Waals surface area contributed by atoms with E-state index < -0.39 is 11.8 Å². The maximum Gasteiger partial charge on any atom is 0.328 e. The van der Waals surface area contributed by atoms with E-state index in [0.29, 0.717) is 20.8 Å². The number of rotatable bonds is 4. The molecule has 0 amide bonds. The first kappa shape index (κ1) is 15.5. The Morgan fingerprint density at radius 2 is 2.05 bits per heavy atom. The summed E-state index contributed by atoms with van der Waals surface area (Å²) >= 11 is 9.30. The van der Waals surface area contributed by atoms with Crippen molar-refractivity contribution in [2.24, 2.45) is 0 Å². The first-order chi connectivity index (χ1) is 9.97. The van der Waals surface area contributed by atoms with Gasteiger partial charge < -0.3 is 9.84 Å². The maximum atomic E-state index is 13.3. The number of halogens is 3. The Hall–Kier alpha value is -1.85. The second-order valence-electron chi connectivity index (χ2n) is 4.00. The van der Waals surface area contributed by atoms with E-state index in [4.69, 9.17) is 21.4 Å². The van der Waals surface area contributed by atoms with Crippen LogP contribution < -0.4 is 4.74 Å². The van der Waals surface area contributed by atoms with E-state index in [1.165, 1.54) is 24.3 Å². The molecule has 0 bridgehead atoms. The fourth-order valence-corrected chi connectivity index (χ4v) is 2.15.